The molecule has 1 heterocycles. The summed E-state index contributed by atoms with van der Waals surface area (Å²) in [5.74, 6) is -1.28. The Morgan fingerprint density at radius 2 is 2.00 bits per heavy atom. The molecule has 0 saturated heterocycles. The van der Waals surface area contributed by atoms with E-state index in [0.717, 1.165) is 6.07 Å². The standard InChI is InChI=1S/C16H19N3O7S/c1-24-5-6-26-14-4-3-11(8-12(14)16(20)21)27(22,23)19-13-7-10(17)9-18-15(13)25-2/h3-4,7-9,19H,5-6,17H2,1-2H3,(H,20,21). The molecule has 0 aliphatic carbocycles. The van der Waals surface area contributed by atoms with Crippen molar-refractivity contribution in [3.05, 3.63) is 36.0 Å². The van der Waals surface area contributed by atoms with Crippen molar-refractivity contribution in [1.29, 1.82) is 0 Å². The number of pyridine rings is 1. The average molecular weight is 397 g/mol. The number of ether oxygens (including phenoxy) is 3. The van der Waals surface area contributed by atoms with E-state index in [1.807, 2.05) is 0 Å². The second-order valence-electron chi connectivity index (χ2n) is 5.24. The summed E-state index contributed by atoms with van der Waals surface area (Å²) in [7, 11) is -1.33. The highest BCUT2D eigenvalue weighted by Gasteiger charge is 2.21. The molecule has 0 radical (unpaired) electrons. The number of nitrogens with zero attached hydrogens (tertiary/aromatic N) is 1. The Hall–Kier alpha value is -3.05. The molecule has 146 valence electrons. The number of anilines is 2. The van der Waals surface area contributed by atoms with Crippen molar-refractivity contribution in [1.82, 2.24) is 4.98 Å². The zero-order valence-corrected chi connectivity index (χ0v) is 15.4. The number of methoxy groups -OCH3 is 2. The van der Waals surface area contributed by atoms with Crippen LogP contribution < -0.4 is 19.9 Å². The van der Waals surface area contributed by atoms with Crippen LogP contribution in [0.5, 0.6) is 11.6 Å². The molecule has 0 aliphatic heterocycles. The van der Waals surface area contributed by atoms with Gasteiger partial charge < -0.3 is 25.1 Å². The van der Waals surface area contributed by atoms with E-state index in [4.69, 9.17) is 19.9 Å². The van der Waals surface area contributed by atoms with Crippen molar-refractivity contribution in [2.24, 2.45) is 0 Å². The molecule has 1 aromatic heterocycles. The van der Waals surface area contributed by atoms with E-state index in [0.29, 0.717) is 0 Å². The van der Waals surface area contributed by atoms with Crippen LogP contribution in [-0.2, 0) is 14.8 Å². The minimum absolute atomic E-state index is 0.0192. The van der Waals surface area contributed by atoms with Crippen LogP contribution in [0.15, 0.2) is 35.4 Å². The van der Waals surface area contributed by atoms with Crippen LogP contribution in [0.3, 0.4) is 0 Å². The fourth-order valence-corrected chi connectivity index (χ4v) is 3.19. The Morgan fingerprint density at radius 3 is 2.63 bits per heavy atom. The third-order valence-electron chi connectivity index (χ3n) is 3.35. The predicted molar refractivity (Wildman–Crippen MR) is 96.8 cm³/mol. The number of nitrogens with two attached hydrogens (primary N) is 1. The molecule has 27 heavy (non-hydrogen) atoms. The van der Waals surface area contributed by atoms with Crippen molar-refractivity contribution in [3.8, 4) is 11.6 Å². The third kappa shape index (κ3) is 4.99. The molecule has 0 amide bonds. The molecule has 0 aliphatic rings. The number of hydrogen-bond donors (Lipinski definition) is 3. The van der Waals surface area contributed by atoms with Crippen molar-refractivity contribution in [2.45, 2.75) is 4.90 Å². The van der Waals surface area contributed by atoms with Crippen molar-refractivity contribution in [2.75, 3.05) is 37.9 Å². The second-order valence-corrected chi connectivity index (χ2v) is 6.92. The van der Waals surface area contributed by atoms with Crippen LogP contribution in [0, 0.1) is 0 Å². The van der Waals surface area contributed by atoms with Gasteiger partial charge in [0.05, 0.1) is 30.5 Å². The van der Waals surface area contributed by atoms with Gasteiger partial charge in [0.2, 0.25) is 5.88 Å². The maximum Gasteiger partial charge on any atom is 0.339 e. The Kier molecular flexibility index (Phi) is 6.42. The summed E-state index contributed by atoms with van der Waals surface area (Å²) in [6, 6.07) is 4.83. The largest absolute Gasteiger partial charge is 0.490 e. The fraction of sp³-hybridized carbons (Fsp3) is 0.250. The number of sulfonamides is 1. The zero-order chi connectivity index (χ0) is 20.0. The van der Waals surface area contributed by atoms with Crippen molar-refractivity contribution >= 4 is 27.4 Å². The highest BCUT2D eigenvalue weighted by molar-refractivity contribution is 7.92. The molecule has 11 heteroatoms. The molecule has 0 saturated carbocycles. The summed E-state index contributed by atoms with van der Waals surface area (Å²) in [4.78, 5) is 15.1. The van der Waals surface area contributed by atoms with Crippen LogP contribution in [0.2, 0.25) is 0 Å². The minimum atomic E-state index is -4.13. The highest BCUT2D eigenvalue weighted by Crippen LogP contribution is 2.28. The Bertz CT molecular complexity index is 932. The van der Waals surface area contributed by atoms with E-state index < -0.39 is 16.0 Å². The van der Waals surface area contributed by atoms with Gasteiger partial charge in [-0.3, -0.25) is 4.72 Å². The molecule has 0 unspecified atom stereocenters. The Morgan fingerprint density at radius 1 is 1.26 bits per heavy atom. The van der Waals surface area contributed by atoms with Crippen molar-refractivity contribution in [3.63, 3.8) is 0 Å². The molecule has 10 nitrogen and oxygen atoms in total. The van der Waals surface area contributed by atoms with Gasteiger partial charge in [0.25, 0.3) is 10.0 Å². The lowest BCUT2D eigenvalue weighted by Crippen LogP contribution is -2.16. The molecule has 0 fully saturated rings. The van der Waals surface area contributed by atoms with E-state index in [2.05, 4.69) is 9.71 Å². The first-order valence-electron chi connectivity index (χ1n) is 7.60. The number of rotatable bonds is 9. The summed E-state index contributed by atoms with van der Waals surface area (Å²) in [6.45, 7) is 0.371. The van der Waals surface area contributed by atoms with Crippen molar-refractivity contribution < 1.29 is 32.5 Å². The molecular formula is C16H19N3O7S. The number of benzene rings is 1. The van der Waals surface area contributed by atoms with Crippen LogP contribution in [0.1, 0.15) is 10.4 Å². The first-order chi connectivity index (χ1) is 12.8. The minimum Gasteiger partial charge on any atom is -0.490 e. The SMILES string of the molecule is COCCOc1ccc(S(=O)(=O)Nc2cc(N)cnc2OC)cc1C(=O)O. The van der Waals surface area contributed by atoms with Gasteiger partial charge in [0, 0.05) is 7.11 Å². The van der Waals surface area contributed by atoms with Gasteiger partial charge in [-0.25, -0.2) is 18.2 Å². The van der Waals surface area contributed by atoms with E-state index in [1.54, 1.807) is 0 Å². The lowest BCUT2D eigenvalue weighted by Gasteiger charge is -2.13. The van der Waals surface area contributed by atoms with Gasteiger partial charge >= 0.3 is 5.97 Å². The van der Waals surface area contributed by atoms with Crippen LogP contribution in [0.25, 0.3) is 0 Å². The number of carboxylic acid groups (broad SMARTS) is 1. The summed E-state index contributed by atoms with van der Waals surface area (Å²) in [6.07, 6.45) is 1.31. The molecule has 2 rings (SSSR count). The number of aromatic nitrogens is 1. The number of nitrogen functional groups attached to an aromatic ring is 1. The van der Waals surface area contributed by atoms with Crippen LogP contribution in [0.4, 0.5) is 11.4 Å². The first-order valence-corrected chi connectivity index (χ1v) is 9.08. The molecule has 0 spiro atoms. The molecule has 0 atom stereocenters. The fourth-order valence-electron chi connectivity index (χ4n) is 2.11. The topological polar surface area (TPSA) is 150 Å². The van der Waals surface area contributed by atoms with Gasteiger partial charge in [-0.15, -0.1) is 0 Å². The quantitative estimate of drug-likeness (QED) is 0.530. The van der Waals surface area contributed by atoms with Gasteiger partial charge in [-0.2, -0.15) is 0 Å². The molecule has 1 aromatic carbocycles. The lowest BCUT2D eigenvalue weighted by atomic mass is 10.2. The lowest BCUT2D eigenvalue weighted by molar-refractivity contribution is 0.0689. The number of carbonyl (C=O) groups is 1. The molecular weight excluding hydrogens is 378 g/mol. The Balaban J connectivity index is 2.37. The van der Waals surface area contributed by atoms with Gasteiger partial charge in [-0.05, 0) is 24.3 Å². The van der Waals surface area contributed by atoms with Gasteiger partial charge in [0.1, 0.15) is 23.6 Å². The maximum absolute atomic E-state index is 12.6. The summed E-state index contributed by atoms with van der Waals surface area (Å²) in [5.41, 5.74) is 5.57. The van der Waals surface area contributed by atoms with Gasteiger partial charge in [-0.1, -0.05) is 0 Å². The highest BCUT2D eigenvalue weighted by atomic mass is 32.2. The average Bonchev–Trinajstić information content (AvgIpc) is 2.61. The Labute approximate surface area is 155 Å². The number of hydrogen-bond acceptors (Lipinski definition) is 8. The van der Waals surface area contributed by atoms with E-state index in [9.17, 15) is 18.3 Å². The summed E-state index contributed by atoms with van der Waals surface area (Å²) >= 11 is 0. The molecule has 2 aromatic rings. The molecule has 4 N–H and O–H groups in total. The van der Waals surface area contributed by atoms with Gasteiger partial charge in [0.15, 0.2) is 0 Å². The van der Waals surface area contributed by atoms with E-state index in [1.165, 1.54) is 38.6 Å². The monoisotopic (exact) mass is 397 g/mol. The normalized spacial score (nSPS) is 11.0. The third-order valence-corrected chi connectivity index (χ3v) is 4.71. The summed E-state index contributed by atoms with van der Waals surface area (Å²) in [5, 5.41) is 9.35. The van der Waals surface area contributed by atoms with Crippen LogP contribution in [-0.4, -0.2) is 51.9 Å². The van der Waals surface area contributed by atoms with E-state index in [-0.39, 0.29) is 46.7 Å². The zero-order valence-electron chi connectivity index (χ0n) is 14.6. The second kappa shape index (κ2) is 8.56. The predicted octanol–water partition coefficient (Wildman–Crippen LogP) is 1.20. The number of aromatic carboxylic acids is 1. The van der Waals surface area contributed by atoms with Crippen LogP contribution >= 0.6 is 0 Å². The number of carboxylic acids is 1. The first kappa shape index (κ1) is 20.3. The maximum atomic E-state index is 12.6. The molecule has 0 bridgehead atoms. The number of nitrogens with one attached hydrogen (secondary N) is 1. The van der Waals surface area contributed by atoms with E-state index >= 15 is 0 Å². The smallest absolute Gasteiger partial charge is 0.339 e. The summed E-state index contributed by atoms with van der Waals surface area (Å²) < 4.78 is 42.7.